The van der Waals surface area contributed by atoms with Gasteiger partial charge in [0.05, 0.1) is 11.4 Å². The maximum absolute atomic E-state index is 6.11. The fraction of sp³-hybridized carbons (Fsp3) is 0. The minimum Gasteiger partial charge on any atom is -0.256 e. The SMILES string of the molecule is Clc1ccnc(/C(=C/c2ccccc2)c2ccc(Br)cn2)c1. The quantitative estimate of drug-likeness (QED) is 0.609. The largest absolute Gasteiger partial charge is 0.256 e. The zero-order valence-electron chi connectivity index (χ0n) is 11.6. The Bertz CT molecular complexity index is 799. The van der Waals surface area contributed by atoms with Crippen molar-refractivity contribution in [3.05, 3.63) is 93.4 Å². The van der Waals surface area contributed by atoms with Gasteiger partial charge in [0, 0.05) is 27.5 Å². The van der Waals surface area contributed by atoms with Gasteiger partial charge in [0.15, 0.2) is 0 Å². The molecule has 0 saturated carbocycles. The van der Waals surface area contributed by atoms with Gasteiger partial charge in [0.2, 0.25) is 0 Å². The predicted octanol–water partition coefficient (Wildman–Crippen LogP) is 5.48. The summed E-state index contributed by atoms with van der Waals surface area (Å²) in [6, 6.07) is 17.6. The van der Waals surface area contributed by atoms with E-state index in [9.17, 15) is 0 Å². The Morgan fingerprint density at radius 2 is 1.77 bits per heavy atom. The molecule has 0 saturated heterocycles. The van der Waals surface area contributed by atoms with E-state index in [1.54, 1.807) is 18.5 Å². The topological polar surface area (TPSA) is 25.8 Å². The molecule has 0 aliphatic rings. The van der Waals surface area contributed by atoms with Crippen LogP contribution < -0.4 is 0 Å². The Morgan fingerprint density at radius 3 is 2.45 bits per heavy atom. The first kappa shape index (κ1) is 14.9. The third-order valence-corrected chi connectivity index (χ3v) is 3.82. The van der Waals surface area contributed by atoms with Gasteiger partial charge in [-0.15, -0.1) is 0 Å². The van der Waals surface area contributed by atoms with E-state index in [0.717, 1.165) is 27.0 Å². The number of pyridine rings is 2. The van der Waals surface area contributed by atoms with Gasteiger partial charge in [0.1, 0.15) is 0 Å². The molecule has 3 aromatic rings. The second-order valence-electron chi connectivity index (χ2n) is 4.69. The van der Waals surface area contributed by atoms with E-state index in [4.69, 9.17) is 11.6 Å². The highest BCUT2D eigenvalue weighted by Crippen LogP contribution is 2.25. The van der Waals surface area contributed by atoms with Crippen molar-refractivity contribution in [3.63, 3.8) is 0 Å². The van der Waals surface area contributed by atoms with E-state index in [1.165, 1.54) is 0 Å². The van der Waals surface area contributed by atoms with Crippen molar-refractivity contribution in [2.24, 2.45) is 0 Å². The summed E-state index contributed by atoms with van der Waals surface area (Å²) in [7, 11) is 0. The number of aromatic nitrogens is 2. The Kier molecular flexibility index (Phi) is 4.66. The molecule has 2 heterocycles. The molecular weight excluding hydrogens is 360 g/mol. The summed E-state index contributed by atoms with van der Waals surface area (Å²) in [6.45, 7) is 0. The van der Waals surface area contributed by atoms with E-state index in [2.05, 4.69) is 32.0 Å². The summed E-state index contributed by atoms with van der Waals surface area (Å²) in [6.07, 6.45) is 5.54. The molecular formula is C18H12BrClN2. The van der Waals surface area contributed by atoms with Crippen LogP contribution in [0.15, 0.2) is 71.5 Å². The minimum absolute atomic E-state index is 0.654. The molecule has 0 fully saturated rings. The van der Waals surface area contributed by atoms with E-state index in [1.807, 2.05) is 48.5 Å². The van der Waals surface area contributed by atoms with Crippen molar-refractivity contribution in [3.8, 4) is 0 Å². The molecule has 3 rings (SSSR count). The smallest absolute Gasteiger partial charge is 0.0738 e. The van der Waals surface area contributed by atoms with Crippen LogP contribution in [-0.2, 0) is 0 Å². The maximum Gasteiger partial charge on any atom is 0.0738 e. The monoisotopic (exact) mass is 370 g/mol. The second-order valence-corrected chi connectivity index (χ2v) is 6.04. The third-order valence-electron chi connectivity index (χ3n) is 3.11. The van der Waals surface area contributed by atoms with Gasteiger partial charge >= 0.3 is 0 Å². The lowest BCUT2D eigenvalue weighted by Gasteiger charge is -2.08. The minimum atomic E-state index is 0.654. The lowest BCUT2D eigenvalue weighted by Crippen LogP contribution is -1.94. The van der Waals surface area contributed by atoms with Crippen molar-refractivity contribution in [1.82, 2.24) is 9.97 Å². The van der Waals surface area contributed by atoms with Crippen LogP contribution in [-0.4, -0.2) is 9.97 Å². The van der Waals surface area contributed by atoms with Crippen LogP contribution in [0, 0.1) is 0 Å². The van der Waals surface area contributed by atoms with E-state index in [0.29, 0.717) is 5.02 Å². The summed E-state index contributed by atoms with van der Waals surface area (Å²) >= 11 is 9.52. The third kappa shape index (κ3) is 3.62. The van der Waals surface area contributed by atoms with Crippen LogP contribution in [0.3, 0.4) is 0 Å². The lowest BCUT2D eigenvalue weighted by molar-refractivity contribution is 1.22. The summed E-state index contributed by atoms with van der Waals surface area (Å²) in [5.41, 5.74) is 3.66. The van der Waals surface area contributed by atoms with Crippen LogP contribution >= 0.6 is 27.5 Å². The number of hydrogen-bond acceptors (Lipinski definition) is 2. The predicted molar refractivity (Wildman–Crippen MR) is 94.6 cm³/mol. The molecule has 0 N–H and O–H groups in total. The molecule has 2 nitrogen and oxygen atoms in total. The molecule has 0 amide bonds. The Hall–Kier alpha value is -1.97. The lowest BCUT2D eigenvalue weighted by atomic mass is 10.0. The first-order valence-electron chi connectivity index (χ1n) is 6.73. The molecule has 0 bridgehead atoms. The zero-order chi connectivity index (χ0) is 15.4. The van der Waals surface area contributed by atoms with Gasteiger partial charge < -0.3 is 0 Å². The molecule has 0 unspecified atom stereocenters. The van der Waals surface area contributed by atoms with Gasteiger partial charge in [-0.05, 0) is 51.8 Å². The molecule has 0 spiro atoms. The molecule has 0 atom stereocenters. The van der Waals surface area contributed by atoms with Crippen molar-refractivity contribution < 1.29 is 0 Å². The highest BCUT2D eigenvalue weighted by atomic mass is 79.9. The average molecular weight is 372 g/mol. The summed E-state index contributed by atoms with van der Waals surface area (Å²) in [5, 5.41) is 0.654. The van der Waals surface area contributed by atoms with E-state index in [-0.39, 0.29) is 0 Å². The highest BCUT2D eigenvalue weighted by molar-refractivity contribution is 9.10. The van der Waals surface area contributed by atoms with Crippen molar-refractivity contribution in [2.75, 3.05) is 0 Å². The van der Waals surface area contributed by atoms with Crippen molar-refractivity contribution in [1.29, 1.82) is 0 Å². The first-order valence-corrected chi connectivity index (χ1v) is 7.90. The molecule has 0 aliphatic heterocycles. The standard InChI is InChI=1S/C18H12BrClN2/c19-14-6-7-17(22-12-14)16(10-13-4-2-1-3-5-13)18-11-15(20)8-9-21-18/h1-12H/b16-10+. The maximum atomic E-state index is 6.11. The number of rotatable bonds is 3. The van der Waals surface area contributed by atoms with Gasteiger partial charge in [-0.1, -0.05) is 41.9 Å². The fourth-order valence-corrected chi connectivity index (χ4v) is 2.48. The van der Waals surface area contributed by atoms with Gasteiger partial charge in [0.25, 0.3) is 0 Å². The van der Waals surface area contributed by atoms with Gasteiger partial charge in [-0.2, -0.15) is 0 Å². The summed E-state index contributed by atoms with van der Waals surface area (Å²) in [4.78, 5) is 8.91. The van der Waals surface area contributed by atoms with Crippen LogP contribution in [0.25, 0.3) is 11.6 Å². The van der Waals surface area contributed by atoms with Crippen molar-refractivity contribution >= 4 is 39.2 Å². The normalized spacial score (nSPS) is 11.5. The summed E-state index contributed by atoms with van der Waals surface area (Å²) < 4.78 is 0.939. The molecule has 108 valence electrons. The molecule has 0 aliphatic carbocycles. The zero-order valence-corrected chi connectivity index (χ0v) is 13.9. The Morgan fingerprint density at radius 1 is 0.955 bits per heavy atom. The molecule has 4 heteroatoms. The summed E-state index contributed by atoms with van der Waals surface area (Å²) in [5.74, 6) is 0. The number of nitrogens with zero attached hydrogens (tertiary/aromatic N) is 2. The molecule has 0 radical (unpaired) electrons. The van der Waals surface area contributed by atoms with E-state index < -0.39 is 0 Å². The Balaban J connectivity index is 2.14. The molecule has 1 aromatic carbocycles. The van der Waals surface area contributed by atoms with Crippen LogP contribution in [0.4, 0.5) is 0 Å². The molecule has 22 heavy (non-hydrogen) atoms. The van der Waals surface area contributed by atoms with Crippen molar-refractivity contribution in [2.45, 2.75) is 0 Å². The van der Waals surface area contributed by atoms with Crippen LogP contribution in [0.2, 0.25) is 5.02 Å². The number of benzene rings is 1. The van der Waals surface area contributed by atoms with Gasteiger partial charge in [-0.25, -0.2) is 0 Å². The second kappa shape index (κ2) is 6.86. The van der Waals surface area contributed by atoms with Crippen LogP contribution in [0.5, 0.6) is 0 Å². The number of hydrogen-bond donors (Lipinski definition) is 0. The Labute approximate surface area is 142 Å². The van der Waals surface area contributed by atoms with Gasteiger partial charge in [-0.3, -0.25) is 9.97 Å². The average Bonchev–Trinajstić information content (AvgIpc) is 2.55. The number of halogens is 2. The van der Waals surface area contributed by atoms with E-state index >= 15 is 0 Å². The van der Waals surface area contributed by atoms with Crippen LogP contribution in [0.1, 0.15) is 17.0 Å². The first-order chi connectivity index (χ1) is 10.7. The highest BCUT2D eigenvalue weighted by Gasteiger charge is 2.09. The molecule has 2 aromatic heterocycles. The fourth-order valence-electron chi connectivity index (χ4n) is 2.08.